The molecule has 0 radical (unpaired) electrons. The van der Waals surface area contributed by atoms with Gasteiger partial charge in [-0.1, -0.05) is 6.92 Å². The number of benzene rings is 1. The molecule has 0 unspecified atom stereocenters. The summed E-state index contributed by atoms with van der Waals surface area (Å²) in [5.41, 5.74) is 3.59. The fourth-order valence-electron chi connectivity index (χ4n) is 5.59. The van der Waals surface area contributed by atoms with Crippen molar-refractivity contribution in [2.45, 2.75) is 69.1 Å². The van der Waals surface area contributed by atoms with Gasteiger partial charge >= 0.3 is 0 Å². The number of carbonyl (C=O) groups is 1. The number of rotatable bonds is 5. The zero-order chi connectivity index (χ0) is 28.1. The highest BCUT2D eigenvalue weighted by molar-refractivity contribution is 6.03. The lowest BCUT2D eigenvalue weighted by Crippen LogP contribution is -2.54. The highest BCUT2D eigenvalue weighted by atomic mass is 19.1. The average Bonchev–Trinajstić information content (AvgIpc) is 2.86. The highest BCUT2D eigenvalue weighted by Gasteiger charge is 2.42. The van der Waals surface area contributed by atoms with E-state index >= 15 is 8.78 Å². The average molecular weight is 541 g/mol. The number of nitrogens with two attached hydrogens (primary N) is 1. The summed E-state index contributed by atoms with van der Waals surface area (Å²) >= 11 is 0. The Morgan fingerprint density at radius 2 is 1.77 bits per heavy atom. The molecule has 7 nitrogen and oxygen atoms in total. The first kappa shape index (κ1) is 27.2. The van der Waals surface area contributed by atoms with Gasteiger partial charge in [0, 0.05) is 12.2 Å². The Morgan fingerprint density at radius 3 is 2.38 bits per heavy atom. The smallest absolute Gasteiger partial charge is 0.274 e. The number of pyridine rings is 2. The second kappa shape index (κ2) is 10.0. The van der Waals surface area contributed by atoms with E-state index in [1.54, 1.807) is 19.2 Å². The van der Waals surface area contributed by atoms with Gasteiger partial charge in [-0.05, 0) is 92.3 Å². The molecule has 0 saturated heterocycles. The van der Waals surface area contributed by atoms with Gasteiger partial charge in [0.15, 0.2) is 0 Å². The Morgan fingerprint density at radius 1 is 1.08 bits per heavy atom. The molecule has 206 valence electrons. The van der Waals surface area contributed by atoms with Crippen molar-refractivity contribution in [3.8, 4) is 11.3 Å². The molecular weight excluding hydrogens is 509 g/mol. The minimum Gasteiger partial charge on any atom is -0.388 e. The van der Waals surface area contributed by atoms with Crippen LogP contribution in [0.1, 0.15) is 73.5 Å². The van der Waals surface area contributed by atoms with Gasteiger partial charge in [-0.25, -0.2) is 18.2 Å². The Labute approximate surface area is 224 Å². The SMILES string of the molecule is C[C@H]1C[C@@H](c2ccncc2NC(=O)c2ccc(F)c(-c3c(F)cc(C4(O)CCC4)cc3F)n2)C[C@@H](N)[C@]1(C)O. The Hall–Kier alpha value is -3.34. The van der Waals surface area contributed by atoms with Crippen LogP contribution in [0.15, 0.2) is 42.7 Å². The second-order valence-electron chi connectivity index (χ2n) is 11.0. The monoisotopic (exact) mass is 540 g/mol. The van der Waals surface area contributed by atoms with Crippen LogP contribution < -0.4 is 11.1 Å². The lowest BCUT2D eigenvalue weighted by Gasteiger charge is -2.44. The Kier molecular flexibility index (Phi) is 6.98. The van der Waals surface area contributed by atoms with Crippen molar-refractivity contribution < 1.29 is 28.2 Å². The van der Waals surface area contributed by atoms with Crippen molar-refractivity contribution in [2.24, 2.45) is 11.7 Å². The largest absolute Gasteiger partial charge is 0.388 e. The number of aromatic nitrogens is 2. The van der Waals surface area contributed by atoms with Crippen molar-refractivity contribution in [2.75, 3.05) is 5.32 Å². The number of hydrogen-bond donors (Lipinski definition) is 4. The van der Waals surface area contributed by atoms with Crippen molar-refractivity contribution in [1.29, 1.82) is 0 Å². The first-order valence-corrected chi connectivity index (χ1v) is 13.0. The molecule has 5 rings (SSSR count). The van der Waals surface area contributed by atoms with Gasteiger partial charge in [-0.3, -0.25) is 9.78 Å². The van der Waals surface area contributed by atoms with Gasteiger partial charge in [-0.15, -0.1) is 0 Å². The van der Waals surface area contributed by atoms with Crippen LogP contribution in [-0.2, 0) is 5.60 Å². The van der Waals surface area contributed by atoms with Gasteiger partial charge in [0.2, 0.25) is 0 Å². The standard InChI is InChI=1S/C29H31F3N4O3/c1-15-10-16(11-24(33)28(15,2)38)18-6-9-34-14-23(18)36-27(37)22-5-4-19(30)26(35-22)25-20(31)12-17(13-21(25)32)29(39)7-3-8-29/h4-6,9,12-16,24,38-39H,3,7-8,10-11,33H2,1-2H3,(H,36,37)/t15-,16+,24+,28+/m0/s1. The van der Waals surface area contributed by atoms with Crippen LogP contribution in [0, 0.1) is 23.4 Å². The molecule has 2 aliphatic rings. The summed E-state index contributed by atoms with van der Waals surface area (Å²) in [6.45, 7) is 3.65. The van der Waals surface area contributed by atoms with E-state index in [9.17, 15) is 19.4 Å². The van der Waals surface area contributed by atoms with Gasteiger partial charge in [0.05, 0.1) is 28.6 Å². The first-order valence-electron chi connectivity index (χ1n) is 13.0. The molecule has 4 atom stereocenters. The molecule has 2 aliphatic carbocycles. The molecule has 0 spiro atoms. The van der Waals surface area contributed by atoms with E-state index in [-0.39, 0.29) is 23.1 Å². The summed E-state index contributed by atoms with van der Waals surface area (Å²) in [5.74, 6) is -4.03. The zero-order valence-electron chi connectivity index (χ0n) is 21.7. The van der Waals surface area contributed by atoms with Gasteiger partial charge < -0.3 is 21.3 Å². The van der Waals surface area contributed by atoms with Crippen LogP contribution in [0.3, 0.4) is 0 Å². The van der Waals surface area contributed by atoms with E-state index in [0.717, 1.165) is 36.2 Å². The van der Waals surface area contributed by atoms with E-state index < -0.39 is 51.9 Å². The molecule has 0 aliphatic heterocycles. The lowest BCUT2D eigenvalue weighted by molar-refractivity contribution is -0.0463. The number of nitrogens with one attached hydrogen (secondary N) is 1. The summed E-state index contributed by atoms with van der Waals surface area (Å²) < 4.78 is 44.8. The van der Waals surface area contributed by atoms with E-state index in [1.165, 1.54) is 6.20 Å². The van der Waals surface area contributed by atoms with Crippen molar-refractivity contribution in [3.63, 3.8) is 0 Å². The Bertz CT molecular complexity index is 1390. The number of carbonyl (C=O) groups excluding carboxylic acids is 1. The quantitative estimate of drug-likeness (QED) is 0.370. The predicted octanol–water partition coefficient (Wildman–Crippen LogP) is 4.78. The fraction of sp³-hybridized carbons (Fsp3) is 0.414. The highest BCUT2D eigenvalue weighted by Crippen LogP contribution is 2.44. The number of nitrogens with zero attached hydrogens (tertiary/aromatic N) is 2. The minimum absolute atomic E-state index is 0.0579. The van der Waals surface area contributed by atoms with E-state index in [2.05, 4.69) is 15.3 Å². The Balaban J connectivity index is 1.43. The number of halogens is 3. The third-order valence-corrected chi connectivity index (χ3v) is 8.54. The van der Waals surface area contributed by atoms with Crippen LogP contribution in [0.4, 0.5) is 18.9 Å². The molecule has 2 aromatic heterocycles. The molecular formula is C29H31F3N4O3. The maximum absolute atomic E-state index is 15.0. The molecule has 1 amide bonds. The molecule has 2 saturated carbocycles. The minimum atomic E-state index is -1.30. The summed E-state index contributed by atoms with van der Waals surface area (Å²) in [6, 6.07) is 5.33. The number of amides is 1. The van der Waals surface area contributed by atoms with E-state index in [1.807, 2.05) is 6.92 Å². The maximum Gasteiger partial charge on any atom is 0.274 e. The predicted molar refractivity (Wildman–Crippen MR) is 139 cm³/mol. The lowest BCUT2D eigenvalue weighted by atomic mass is 9.68. The van der Waals surface area contributed by atoms with Crippen LogP contribution in [0.2, 0.25) is 0 Å². The van der Waals surface area contributed by atoms with Gasteiger partial charge in [0.1, 0.15) is 28.8 Å². The van der Waals surface area contributed by atoms with E-state index in [4.69, 9.17) is 5.73 Å². The molecule has 5 N–H and O–H groups in total. The van der Waals surface area contributed by atoms with Gasteiger partial charge in [0.25, 0.3) is 5.91 Å². The first-order chi connectivity index (χ1) is 18.4. The molecule has 2 fully saturated rings. The van der Waals surface area contributed by atoms with Crippen LogP contribution in [-0.4, -0.2) is 37.7 Å². The van der Waals surface area contributed by atoms with Crippen LogP contribution in [0.5, 0.6) is 0 Å². The summed E-state index contributed by atoms with van der Waals surface area (Å²) in [7, 11) is 0. The van der Waals surface area contributed by atoms with Gasteiger partial charge in [-0.2, -0.15) is 0 Å². The van der Waals surface area contributed by atoms with Crippen LogP contribution in [0.25, 0.3) is 11.3 Å². The normalized spacial score (nSPS) is 26.1. The van der Waals surface area contributed by atoms with Crippen molar-refractivity contribution in [3.05, 3.63) is 77.0 Å². The van der Waals surface area contributed by atoms with E-state index in [0.29, 0.717) is 31.4 Å². The maximum atomic E-state index is 15.0. The number of hydrogen-bond acceptors (Lipinski definition) is 6. The molecule has 0 bridgehead atoms. The third kappa shape index (κ3) is 4.92. The third-order valence-electron chi connectivity index (χ3n) is 8.54. The van der Waals surface area contributed by atoms with Crippen LogP contribution >= 0.6 is 0 Å². The van der Waals surface area contributed by atoms with Crippen molar-refractivity contribution >= 4 is 11.6 Å². The number of aliphatic hydroxyl groups is 2. The number of anilines is 1. The fourth-order valence-corrected chi connectivity index (χ4v) is 5.59. The summed E-state index contributed by atoms with van der Waals surface area (Å²) in [5, 5.41) is 23.9. The molecule has 3 aromatic rings. The zero-order valence-corrected chi connectivity index (χ0v) is 21.7. The topological polar surface area (TPSA) is 121 Å². The molecule has 10 heteroatoms. The molecule has 39 heavy (non-hydrogen) atoms. The van der Waals surface area contributed by atoms with Crippen molar-refractivity contribution in [1.82, 2.24) is 9.97 Å². The molecule has 1 aromatic carbocycles. The second-order valence-corrected chi connectivity index (χ2v) is 11.0. The summed E-state index contributed by atoms with van der Waals surface area (Å²) in [6.07, 6.45) is 5.70. The summed E-state index contributed by atoms with van der Waals surface area (Å²) in [4.78, 5) is 21.2. The molecule has 2 heterocycles.